The van der Waals surface area contributed by atoms with E-state index in [4.69, 9.17) is 10.8 Å². The Kier molecular flexibility index (Phi) is 2.60. The average molecular weight is 240 g/mol. The van der Waals surface area contributed by atoms with Crippen LogP contribution in [0.15, 0.2) is 4.79 Å². The number of carboxylic acids is 1. The van der Waals surface area contributed by atoms with Gasteiger partial charge in [0.05, 0.1) is 0 Å². The number of carbonyl (C=O) groups is 1. The van der Waals surface area contributed by atoms with Crippen molar-refractivity contribution in [1.82, 2.24) is 15.4 Å². The van der Waals surface area contributed by atoms with E-state index in [9.17, 15) is 9.59 Å². The van der Waals surface area contributed by atoms with Crippen molar-refractivity contribution in [1.29, 1.82) is 0 Å². The van der Waals surface area contributed by atoms with Gasteiger partial charge in [-0.1, -0.05) is 0 Å². The number of nitrogens with two attached hydrogens (primary N) is 1. The average Bonchev–Trinajstić information content (AvgIpc) is 2.61. The van der Waals surface area contributed by atoms with Crippen LogP contribution in [-0.4, -0.2) is 33.8 Å². The molecule has 9 nitrogen and oxygen atoms in total. The molecule has 0 aromatic carbocycles. The summed E-state index contributed by atoms with van der Waals surface area (Å²) in [6.45, 7) is 1.73. The van der Waals surface area contributed by atoms with Gasteiger partial charge in [-0.15, -0.1) is 0 Å². The maximum Gasteiger partial charge on any atom is 0.322 e. The van der Waals surface area contributed by atoms with Gasteiger partial charge in [0.25, 0.3) is 5.56 Å². The maximum absolute atomic E-state index is 11.5. The van der Waals surface area contributed by atoms with Crippen LogP contribution >= 0.6 is 0 Å². The highest BCUT2D eigenvalue weighted by Crippen LogP contribution is 2.23. The Morgan fingerprint density at radius 2 is 2.41 bits per heavy atom. The zero-order valence-electron chi connectivity index (χ0n) is 9.02. The number of hydrazine groups is 1. The molecule has 0 spiro atoms. The van der Waals surface area contributed by atoms with Crippen LogP contribution in [0.2, 0.25) is 0 Å². The molecule has 0 saturated carbocycles. The highest BCUT2D eigenvalue weighted by molar-refractivity contribution is 5.75. The predicted molar refractivity (Wildman–Crippen MR) is 60.5 cm³/mol. The normalized spacial score (nSPS) is 15.2. The number of hydrogen-bond donors (Lipinski definition) is 5. The van der Waals surface area contributed by atoms with E-state index >= 15 is 0 Å². The molecule has 1 aromatic heterocycles. The summed E-state index contributed by atoms with van der Waals surface area (Å²) in [4.78, 5) is 28.5. The van der Waals surface area contributed by atoms with Crippen molar-refractivity contribution in [3.05, 3.63) is 10.4 Å². The van der Waals surface area contributed by atoms with Gasteiger partial charge in [0.15, 0.2) is 5.82 Å². The van der Waals surface area contributed by atoms with E-state index in [0.717, 1.165) is 0 Å². The zero-order chi connectivity index (χ0) is 12.6. The molecule has 0 saturated heterocycles. The fourth-order valence-corrected chi connectivity index (χ4v) is 1.46. The molecular weight excluding hydrogens is 228 g/mol. The van der Waals surface area contributed by atoms with Crippen molar-refractivity contribution in [2.75, 3.05) is 22.7 Å². The number of fused-ring (bicyclic) bond motifs is 1. The summed E-state index contributed by atoms with van der Waals surface area (Å²) in [6.07, 6.45) is 0. The van der Waals surface area contributed by atoms with Crippen LogP contribution < -0.4 is 27.0 Å². The molecule has 2 rings (SSSR count). The first kappa shape index (κ1) is 11.2. The van der Waals surface area contributed by atoms with Gasteiger partial charge in [0.2, 0.25) is 5.95 Å². The van der Waals surface area contributed by atoms with Crippen molar-refractivity contribution in [3.63, 3.8) is 0 Å². The number of aliphatic carboxylic acids is 1. The highest BCUT2D eigenvalue weighted by Gasteiger charge is 2.26. The third-order valence-electron chi connectivity index (χ3n) is 2.31. The molecule has 17 heavy (non-hydrogen) atoms. The Hall–Kier alpha value is -2.29. The van der Waals surface area contributed by atoms with E-state index in [1.807, 2.05) is 0 Å². The van der Waals surface area contributed by atoms with Gasteiger partial charge in [-0.25, -0.2) is 5.43 Å². The van der Waals surface area contributed by atoms with Crippen molar-refractivity contribution in [2.24, 2.45) is 0 Å². The number of nitrogens with one attached hydrogen (secondary N) is 3. The topological polar surface area (TPSA) is 136 Å². The number of nitrogens with zero attached hydrogens (tertiary/aromatic N) is 2. The first-order valence-electron chi connectivity index (χ1n) is 4.89. The number of hydrogen-bond acceptors (Lipinski definition) is 7. The molecule has 2 heterocycles. The quantitative estimate of drug-likeness (QED) is 0.431. The Labute approximate surface area is 95.6 Å². The summed E-state index contributed by atoms with van der Waals surface area (Å²) in [5.41, 5.74) is 7.99. The van der Waals surface area contributed by atoms with Crippen molar-refractivity contribution >= 4 is 23.4 Å². The van der Waals surface area contributed by atoms with E-state index in [1.165, 1.54) is 11.9 Å². The van der Waals surface area contributed by atoms with Crippen LogP contribution in [0.5, 0.6) is 0 Å². The van der Waals surface area contributed by atoms with Crippen LogP contribution in [0.1, 0.15) is 6.92 Å². The zero-order valence-corrected chi connectivity index (χ0v) is 9.02. The van der Waals surface area contributed by atoms with Crippen molar-refractivity contribution < 1.29 is 9.90 Å². The van der Waals surface area contributed by atoms with Gasteiger partial charge in [-0.3, -0.25) is 19.6 Å². The molecule has 1 aliphatic heterocycles. The van der Waals surface area contributed by atoms with E-state index in [-0.39, 0.29) is 23.9 Å². The first-order valence-corrected chi connectivity index (χ1v) is 4.89. The van der Waals surface area contributed by atoms with E-state index in [0.29, 0.717) is 5.82 Å². The molecular formula is C8H12N6O3. The lowest BCUT2D eigenvalue weighted by Gasteiger charge is -2.20. The van der Waals surface area contributed by atoms with Crippen LogP contribution in [0.4, 0.5) is 17.5 Å². The summed E-state index contributed by atoms with van der Waals surface area (Å²) >= 11 is 0. The lowest BCUT2D eigenvalue weighted by molar-refractivity contribution is -0.139. The highest BCUT2D eigenvalue weighted by atomic mass is 16.4. The minimum absolute atomic E-state index is 0.0211. The summed E-state index contributed by atoms with van der Waals surface area (Å²) in [5.74, 6) is -0.733. The monoisotopic (exact) mass is 240 g/mol. The fraction of sp³-hybridized carbons (Fsp3) is 0.375. The number of rotatable bonds is 3. The molecule has 1 aromatic rings. The van der Waals surface area contributed by atoms with Gasteiger partial charge < -0.3 is 16.2 Å². The standard InChI is InChI=1S/C8H12N6O3/c1-3(7(16)17)13-14-2-10-4-5(14)11-8(9)12-6(4)15/h3,10,13H,2H2,1H3,(H,16,17)(H3,9,11,12,15). The minimum Gasteiger partial charge on any atom is -0.480 e. The molecule has 0 fully saturated rings. The Morgan fingerprint density at radius 1 is 1.71 bits per heavy atom. The van der Waals surface area contributed by atoms with E-state index in [1.54, 1.807) is 0 Å². The van der Waals surface area contributed by atoms with Gasteiger partial charge in [-0.05, 0) is 6.92 Å². The number of aromatic amines is 1. The molecule has 9 heteroatoms. The van der Waals surface area contributed by atoms with Gasteiger partial charge in [0.1, 0.15) is 18.4 Å². The lowest BCUT2D eigenvalue weighted by atomic mass is 10.4. The second kappa shape index (κ2) is 3.94. The van der Waals surface area contributed by atoms with Gasteiger partial charge in [-0.2, -0.15) is 4.98 Å². The summed E-state index contributed by atoms with van der Waals surface area (Å²) in [5, 5.41) is 13.0. The van der Waals surface area contributed by atoms with Gasteiger partial charge in [0, 0.05) is 0 Å². The molecule has 1 atom stereocenters. The van der Waals surface area contributed by atoms with Crippen LogP contribution in [0, 0.1) is 0 Å². The second-order valence-electron chi connectivity index (χ2n) is 3.60. The minimum atomic E-state index is -1.00. The third-order valence-corrected chi connectivity index (χ3v) is 2.31. The molecule has 0 bridgehead atoms. The Morgan fingerprint density at radius 3 is 3.06 bits per heavy atom. The third kappa shape index (κ3) is 1.99. The lowest BCUT2D eigenvalue weighted by Crippen LogP contribution is -2.47. The Balaban J connectivity index is 2.28. The molecule has 6 N–H and O–H groups in total. The molecule has 0 radical (unpaired) electrons. The summed E-state index contributed by atoms with van der Waals surface area (Å²) < 4.78 is 0. The van der Waals surface area contributed by atoms with E-state index in [2.05, 4.69) is 20.7 Å². The Bertz CT molecular complexity index is 512. The molecule has 0 amide bonds. The number of carboxylic acid groups (broad SMARTS) is 1. The largest absolute Gasteiger partial charge is 0.480 e. The van der Waals surface area contributed by atoms with E-state index < -0.39 is 12.0 Å². The number of aromatic nitrogens is 2. The molecule has 1 aliphatic rings. The van der Waals surface area contributed by atoms with Crippen LogP contribution in [0.25, 0.3) is 0 Å². The fourth-order valence-electron chi connectivity index (χ4n) is 1.46. The smallest absolute Gasteiger partial charge is 0.322 e. The SMILES string of the molecule is CC(NN1CNc2c1nc(N)[nH]c2=O)C(=O)O. The summed E-state index contributed by atoms with van der Waals surface area (Å²) in [6, 6.07) is -0.801. The maximum atomic E-state index is 11.5. The predicted octanol–water partition coefficient (Wildman–Crippen LogP) is -1.48. The number of nitrogen functional groups attached to an aromatic ring is 1. The second-order valence-corrected chi connectivity index (χ2v) is 3.60. The van der Waals surface area contributed by atoms with Crippen molar-refractivity contribution in [2.45, 2.75) is 13.0 Å². The molecule has 1 unspecified atom stereocenters. The molecule has 92 valence electrons. The summed E-state index contributed by atoms with van der Waals surface area (Å²) in [7, 11) is 0. The number of H-pyrrole nitrogens is 1. The molecule has 0 aliphatic carbocycles. The van der Waals surface area contributed by atoms with Gasteiger partial charge >= 0.3 is 5.97 Å². The van der Waals surface area contributed by atoms with Crippen LogP contribution in [-0.2, 0) is 4.79 Å². The first-order chi connectivity index (χ1) is 7.99. The van der Waals surface area contributed by atoms with Crippen molar-refractivity contribution in [3.8, 4) is 0 Å². The number of anilines is 3. The van der Waals surface area contributed by atoms with Crippen LogP contribution in [0.3, 0.4) is 0 Å².